The van der Waals surface area contributed by atoms with Crippen LogP contribution in [-0.4, -0.2) is 42.6 Å². The summed E-state index contributed by atoms with van der Waals surface area (Å²) in [6, 6.07) is 11.6. The summed E-state index contributed by atoms with van der Waals surface area (Å²) in [5, 5.41) is 14.0. The third-order valence-electron chi connectivity index (χ3n) is 3.82. The van der Waals surface area contributed by atoms with Gasteiger partial charge in [0.25, 0.3) is 5.91 Å². The highest BCUT2D eigenvalue weighted by Gasteiger charge is 2.18. The lowest BCUT2D eigenvalue weighted by Crippen LogP contribution is -2.32. The number of carbonyl (C=O) groups excluding carboxylic acids is 1. The molecule has 0 radical (unpaired) electrons. The first-order valence-electron chi connectivity index (χ1n) is 7.71. The smallest absolute Gasteiger partial charge is 0.254 e. The Hall–Kier alpha value is -1.91. The second kappa shape index (κ2) is 6.46. The van der Waals surface area contributed by atoms with E-state index in [2.05, 4.69) is 0 Å². The summed E-state index contributed by atoms with van der Waals surface area (Å²) in [4.78, 5) is 14.6. The molecule has 0 fully saturated rings. The SMILES string of the molecule is CCN(CC)C(=O)c1cccc2cccc(C[N+](C)(C)[O-])c12. The van der Waals surface area contributed by atoms with Crippen LogP contribution in [0.15, 0.2) is 36.4 Å². The number of quaternary nitrogens is 1. The molecule has 0 N–H and O–H groups in total. The average Bonchev–Trinajstić information content (AvgIpc) is 2.46. The van der Waals surface area contributed by atoms with Crippen molar-refractivity contribution in [3.63, 3.8) is 0 Å². The molecule has 1 amide bonds. The number of amides is 1. The number of rotatable bonds is 5. The molecule has 0 saturated heterocycles. The Morgan fingerprint density at radius 1 is 1.09 bits per heavy atom. The molecular weight excluding hydrogens is 276 g/mol. The predicted octanol–water partition coefficient (Wildman–Crippen LogP) is 3.40. The number of hydrogen-bond donors (Lipinski definition) is 0. The van der Waals surface area contributed by atoms with Crippen LogP contribution >= 0.6 is 0 Å². The van der Waals surface area contributed by atoms with Crippen molar-refractivity contribution in [1.29, 1.82) is 0 Å². The summed E-state index contributed by atoms with van der Waals surface area (Å²) in [6.45, 7) is 5.66. The first-order valence-corrected chi connectivity index (χ1v) is 7.71. The van der Waals surface area contributed by atoms with Gasteiger partial charge < -0.3 is 14.8 Å². The molecule has 0 aromatic heterocycles. The fourth-order valence-electron chi connectivity index (χ4n) is 2.82. The molecule has 2 aromatic carbocycles. The largest absolute Gasteiger partial charge is 0.633 e. The zero-order chi connectivity index (χ0) is 16.3. The molecular formula is C18H24N2O2. The first-order chi connectivity index (χ1) is 10.4. The number of nitrogens with zero attached hydrogens (tertiary/aromatic N) is 2. The fourth-order valence-corrected chi connectivity index (χ4v) is 2.82. The normalized spacial score (nSPS) is 11.7. The van der Waals surface area contributed by atoms with Gasteiger partial charge in [0.15, 0.2) is 0 Å². The van der Waals surface area contributed by atoms with Crippen LogP contribution in [0.4, 0.5) is 0 Å². The van der Waals surface area contributed by atoms with E-state index in [1.54, 1.807) is 14.1 Å². The van der Waals surface area contributed by atoms with Gasteiger partial charge >= 0.3 is 0 Å². The summed E-state index contributed by atoms with van der Waals surface area (Å²) in [7, 11) is 3.24. The third-order valence-corrected chi connectivity index (χ3v) is 3.82. The van der Waals surface area contributed by atoms with Crippen LogP contribution in [0.3, 0.4) is 0 Å². The lowest BCUT2D eigenvalue weighted by Gasteiger charge is -2.34. The van der Waals surface area contributed by atoms with Crippen LogP contribution in [0.1, 0.15) is 29.8 Å². The molecule has 2 rings (SSSR count). The molecule has 2 aromatic rings. The van der Waals surface area contributed by atoms with Crippen molar-refractivity contribution < 1.29 is 9.44 Å². The minimum atomic E-state index is -0.410. The third kappa shape index (κ3) is 3.46. The van der Waals surface area contributed by atoms with E-state index in [-0.39, 0.29) is 5.91 Å². The van der Waals surface area contributed by atoms with Crippen LogP contribution in [0.2, 0.25) is 0 Å². The molecule has 22 heavy (non-hydrogen) atoms. The minimum Gasteiger partial charge on any atom is -0.633 e. The maximum Gasteiger partial charge on any atom is 0.254 e. The zero-order valence-electron chi connectivity index (χ0n) is 13.8. The van der Waals surface area contributed by atoms with Crippen LogP contribution in [0, 0.1) is 5.21 Å². The van der Waals surface area contributed by atoms with Gasteiger partial charge in [-0.25, -0.2) is 0 Å². The highest BCUT2D eigenvalue weighted by molar-refractivity contribution is 6.08. The molecule has 0 aliphatic heterocycles. The highest BCUT2D eigenvalue weighted by Crippen LogP contribution is 2.26. The van der Waals surface area contributed by atoms with Crippen molar-refractivity contribution in [2.45, 2.75) is 20.4 Å². The number of carbonyl (C=O) groups is 1. The van der Waals surface area contributed by atoms with Gasteiger partial charge in [-0.3, -0.25) is 4.79 Å². The van der Waals surface area contributed by atoms with Gasteiger partial charge in [-0.15, -0.1) is 0 Å². The van der Waals surface area contributed by atoms with E-state index in [0.717, 1.165) is 16.3 Å². The second-order valence-electron chi connectivity index (χ2n) is 6.03. The van der Waals surface area contributed by atoms with Crippen molar-refractivity contribution in [1.82, 2.24) is 4.90 Å². The number of benzene rings is 2. The molecule has 0 bridgehead atoms. The average molecular weight is 300 g/mol. The number of hydroxylamine groups is 3. The summed E-state index contributed by atoms with van der Waals surface area (Å²) < 4.78 is -0.410. The molecule has 0 atom stereocenters. The molecule has 0 heterocycles. The van der Waals surface area contributed by atoms with E-state index in [1.165, 1.54) is 0 Å². The summed E-state index contributed by atoms with van der Waals surface area (Å²) >= 11 is 0. The van der Waals surface area contributed by atoms with Crippen molar-refractivity contribution >= 4 is 16.7 Å². The molecule has 4 heteroatoms. The highest BCUT2D eigenvalue weighted by atomic mass is 16.5. The molecule has 0 aliphatic rings. The molecule has 4 nitrogen and oxygen atoms in total. The van der Waals surface area contributed by atoms with Crippen LogP contribution in [-0.2, 0) is 6.54 Å². The van der Waals surface area contributed by atoms with Gasteiger partial charge in [0, 0.05) is 29.6 Å². The maximum atomic E-state index is 12.8. The van der Waals surface area contributed by atoms with Gasteiger partial charge in [-0.1, -0.05) is 30.3 Å². The van der Waals surface area contributed by atoms with Crippen LogP contribution in [0.5, 0.6) is 0 Å². The summed E-state index contributed by atoms with van der Waals surface area (Å²) in [5.74, 6) is 0.0271. The van der Waals surface area contributed by atoms with E-state index in [9.17, 15) is 10.0 Å². The van der Waals surface area contributed by atoms with Gasteiger partial charge in [0.05, 0.1) is 14.1 Å². The molecule has 118 valence electrons. The Labute approximate surface area is 132 Å². The predicted molar refractivity (Wildman–Crippen MR) is 90.4 cm³/mol. The Bertz CT molecular complexity index is 665. The Morgan fingerprint density at radius 2 is 1.68 bits per heavy atom. The minimum absolute atomic E-state index is 0.0271. The van der Waals surface area contributed by atoms with Gasteiger partial charge in [-0.05, 0) is 25.3 Å². The Balaban J connectivity index is 2.62. The summed E-state index contributed by atoms with van der Waals surface area (Å²) in [6.07, 6.45) is 0. The summed E-state index contributed by atoms with van der Waals surface area (Å²) in [5.41, 5.74) is 1.61. The molecule has 0 saturated carbocycles. The van der Waals surface area contributed by atoms with Crippen molar-refractivity contribution in [2.24, 2.45) is 0 Å². The Kier molecular flexibility index (Phi) is 4.84. The van der Waals surface area contributed by atoms with Crippen molar-refractivity contribution in [2.75, 3.05) is 27.2 Å². The second-order valence-corrected chi connectivity index (χ2v) is 6.03. The molecule has 0 spiro atoms. The van der Waals surface area contributed by atoms with Crippen LogP contribution in [0.25, 0.3) is 10.8 Å². The van der Waals surface area contributed by atoms with E-state index in [4.69, 9.17) is 0 Å². The topological polar surface area (TPSA) is 43.4 Å². The zero-order valence-corrected chi connectivity index (χ0v) is 13.8. The maximum absolute atomic E-state index is 12.8. The Morgan fingerprint density at radius 3 is 2.23 bits per heavy atom. The van der Waals surface area contributed by atoms with E-state index >= 15 is 0 Å². The monoisotopic (exact) mass is 300 g/mol. The van der Waals surface area contributed by atoms with Crippen molar-refractivity contribution in [3.8, 4) is 0 Å². The van der Waals surface area contributed by atoms with E-state index < -0.39 is 4.65 Å². The van der Waals surface area contributed by atoms with Gasteiger partial charge in [0.1, 0.15) is 6.54 Å². The lowest BCUT2D eigenvalue weighted by molar-refractivity contribution is -0.853. The molecule has 0 unspecified atom stereocenters. The standard InChI is InChI=1S/C18H24N2O2/c1-5-19(6-2)18(21)16-12-8-10-14-9-7-11-15(17(14)16)13-20(3,4)22/h7-12H,5-6,13H2,1-4H3. The van der Waals surface area contributed by atoms with E-state index in [0.29, 0.717) is 25.2 Å². The van der Waals surface area contributed by atoms with Gasteiger partial charge in [0.2, 0.25) is 0 Å². The fraction of sp³-hybridized carbons (Fsp3) is 0.389. The number of hydrogen-bond acceptors (Lipinski definition) is 2. The van der Waals surface area contributed by atoms with Gasteiger partial charge in [-0.2, -0.15) is 0 Å². The molecule has 0 aliphatic carbocycles. The number of fused-ring (bicyclic) bond motifs is 1. The first kappa shape index (κ1) is 16.5. The lowest BCUT2D eigenvalue weighted by atomic mass is 9.98. The van der Waals surface area contributed by atoms with Crippen LogP contribution < -0.4 is 0 Å². The van der Waals surface area contributed by atoms with Crippen molar-refractivity contribution in [3.05, 3.63) is 52.7 Å². The van der Waals surface area contributed by atoms with E-state index in [1.807, 2.05) is 55.1 Å². The quantitative estimate of drug-likeness (QED) is 0.627.